The van der Waals surface area contributed by atoms with Crippen LogP contribution in [0.25, 0.3) is 0 Å². The van der Waals surface area contributed by atoms with Gasteiger partial charge in [0, 0.05) is 26.3 Å². The van der Waals surface area contributed by atoms with Crippen LogP contribution in [0.5, 0.6) is 0 Å². The van der Waals surface area contributed by atoms with E-state index in [0.717, 1.165) is 38.1 Å². The Morgan fingerprint density at radius 2 is 2.38 bits per heavy atom. The van der Waals surface area contributed by atoms with Crippen molar-refractivity contribution >= 4 is 12.2 Å². The molecular weight excluding hydrogens is 206 g/mol. The fourth-order valence-electron chi connectivity index (χ4n) is 2.14. The topological polar surface area (TPSA) is 42.7 Å². The first-order valence-electron chi connectivity index (χ1n) is 5.52. The second-order valence-electron chi connectivity index (χ2n) is 4.47. The molecule has 0 spiro atoms. The molecule has 1 atom stereocenters. The normalized spacial score (nSPS) is 25.8. The van der Waals surface area contributed by atoms with Crippen molar-refractivity contribution in [1.29, 1.82) is 0 Å². The molecule has 88 valence electrons. The Morgan fingerprint density at radius 3 is 3.00 bits per heavy atom. The van der Waals surface area contributed by atoms with Crippen molar-refractivity contribution in [3.63, 3.8) is 0 Å². The van der Waals surface area contributed by atoms with Gasteiger partial charge in [-0.1, -0.05) is 0 Å². The molecule has 2 rings (SSSR count). The largest absolute Gasteiger partial charge is 0.438 e. The van der Waals surface area contributed by atoms with E-state index in [-0.39, 0.29) is 5.60 Å². The summed E-state index contributed by atoms with van der Waals surface area (Å²) in [5.41, 5.74) is -0.119. The Balaban J connectivity index is 2.12. The molecule has 16 heavy (non-hydrogen) atoms. The Morgan fingerprint density at radius 1 is 1.56 bits per heavy atom. The number of aldehydes is 1. The van der Waals surface area contributed by atoms with Crippen LogP contribution < -0.4 is 4.90 Å². The summed E-state index contributed by atoms with van der Waals surface area (Å²) >= 11 is 0. The molecule has 0 aliphatic carbocycles. The molecule has 1 aromatic rings. The SMILES string of the molecule is COC1(C)CCCN(c2ccc(C=O)o2)C1. The molecule has 4 heteroatoms. The van der Waals surface area contributed by atoms with Gasteiger partial charge in [-0.05, 0) is 25.8 Å². The van der Waals surface area contributed by atoms with Gasteiger partial charge in [-0.3, -0.25) is 4.79 Å². The third-order valence-electron chi connectivity index (χ3n) is 3.19. The molecule has 0 aromatic carbocycles. The van der Waals surface area contributed by atoms with E-state index in [9.17, 15) is 4.79 Å². The van der Waals surface area contributed by atoms with Crippen molar-refractivity contribution in [1.82, 2.24) is 0 Å². The van der Waals surface area contributed by atoms with E-state index in [1.165, 1.54) is 0 Å². The highest BCUT2D eigenvalue weighted by molar-refractivity contribution is 5.71. The van der Waals surface area contributed by atoms with Crippen molar-refractivity contribution < 1.29 is 13.9 Å². The number of hydrogen-bond donors (Lipinski definition) is 0. The number of carbonyl (C=O) groups excluding carboxylic acids is 1. The quantitative estimate of drug-likeness (QED) is 0.736. The Bertz CT molecular complexity index is 374. The molecule has 1 saturated heterocycles. The fourth-order valence-corrected chi connectivity index (χ4v) is 2.14. The molecule has 1 aromatic heterocycles. The minimum atomic E-state index is -0.119. The van der Waals surface area contributed by atoms with Gasteiger partial charge >= 0.3 is 0 Å². The van der Waals surface area contributed by atoms with E-state index in [0.29, 0.717) is 5.76 Å². The number of carbonyl (C=O) groups is 1. The number of methoxy groups -OCH3 is 1. The van der Waals surface area contributed by atoms with E-state index in [4.69, 9.17) is 9.15 Å². The van der Waals surface area contributed by atoms with Gasteiger partial charge in [0.15, 0.2) is 17.9 Å². The third kappa shape index (κ3) is 2.11. The van der Waals surface area contributed by atoms with Crippen LogP contribution in [0.1, 0.15) is 30.3 Å². The molecule has 0 amide bonds. The van der Waals surface area contributed by atoms with Crippen LogP contribution in [0.2, 0.25) is 0 Å². The predicted molar refractivity (Wildman–Crippen MR) is 61.0 cm³/mol. The summed E-state index contributed by atoms with van der Waals surface area (Å²) in [6.45, 7) is 3.85. The molecule has 4 nitrogen and oxygen atoms in total. The van der Waals surface area contributed by atoms with Crippen molar-refractivity contribution in [2.24, 2.45) is 0 Å². The number of ether oxygens (including phenoxy) is 1. The van der Waals surface area contributed by atoms with Crippen LogP contribution in [-0.2, 0) is 4.74 Å². The van der Waals surface area contributed by atoms with Gasteiger partial charge in [0.05, 0.1) is 5.60 Å². The van der Waals surface area contributed by atoms with Gasteiger partial charge in [0.25, 0.3) is 0 Å². The molecular formula is C12H17NO3. The van der Waals surface area contributed by atoms with Gasteiger partial charge in [-0.15, -0.1) is 0 Å². The van der Waals surface area contributed by atoms with Crippen LogP contribution in [0.4, 0.5) is 5.88 Å². The van der Waals surface area contributed by atoms with Crippen molar-refractivity contribution in [2.45, 2.75) is 25.4 Å². The minimum absolute atomic E-state index is 0.119. The molecule has 0 radical (unpaired) electrons. The van der Waals surface area contributed by atoms with Crippen LogP contribution in [0, 0.1) is 0 Å². The maximum absolute atomic E-state index is 10.5. The van der Waals surface area contributed by atoms with Gasteiger partial charge in [0.1, 0.15) is 0 Å². The second kappa shape index (κ2) is 4.29. The fraction of sp³-hybridized carbons (Fsp3) is 0.583. The number of furan rings is 1. The van der Waals surface area contributed by atoms with Crippen LogP contribution in [0.15, 0.2) is 16.5 Å². The number of piperidine rings is 1. The highest BCUT2D eigenvalue weighted by atomic mass is 16.5. The van der Waals surface area contributed by atoms with E-state index >= 15 is 0 Å². The molecule has 1 aliphatic rings. The van der Waals surface area contributed by atoms with Crippen molar-refractivity contribution in [2.75, 3.05) is 25.1 Å². The van der Waals surface area contributed by atoms with E-state index in [1.54, 1.807) is 13.2 Å². The van der Waals surface area contributed by atoms with Crippen LogP contribution >= 0.6 is 0 Å². The monoisotopic (exact) mass is 223 g/mol. The third-order valence-corrected chi connectivity index (χ3v) is 3.19. The van der Waals surface area contributed by atoms with Crippen molar-refractivity contribution in [3.05, 3.63) is 17.9 Å². The maximum atomic E-state index is 10.5. The highest BCUT2D eigenvalue weighted by Crippen LogP contribution is 2.28. The molecule has 2 heterocycles. The highest BCUT2D eigenvalue weighted by Gasteiger charge is 2.31. The van der Waals surface area contributed by atoms with E-state index < -0.39 is 0 Å². The lowest BCUT2D eigenvalue weighted by Gasteiger charge is -2.39. The maximum Gasteiger partial charge on any atom is 0.196 e. The minimum Gasteiger partial charge on any atom is -0.438 e. The molecule has 1 unspecified atom stereocenters. The zero-order valence-corrected chi connectivity index (χ0v) is 9.73. The number of nitrogens with zero attached hydrogens (tertiary/aromatic N) is 1. The smallest absolute Gasteiger partial charge is 0.196 e. The first-order valence-corrected chi connectivity index (χ1v) is 5.52. The van der Waals surface area contributed by atoms with Crippen LogP contribution in [0.3, 0.4) is 0 Å². The summed E-state index contributed by atoms with van der Waals surface area (Å²) in [5, 5.41) is 0. The summed E-state index contributed by atoms with van der Waals surface area (Å²) in [7, 11) is 1.74. The van der Waals surface area contributed by atoms with Gasteiger partial charge < -0.3 is 14.1 Å². The van der Waals surface area contributed by atoms with Crippen LogP contribution in [-0.4, -0.2) is 32.1 Å². The van der Waals surface area contributed by atoms with Gasteiger partial charge in [-0.2, -0.15) is 0 Å². The van der Waals surface area contributed by atoms with Crippen molar-refractivity contribution in [3.8, 4) is 0 Å². The van der Waals surface area contributed by atoms with E-state index in [2.05, 4.69) is 11.8 Å². The summed E-state index contributed by atoms with van der Waals surface area (Å²) in [4.78, 5) is 12.7. The lowest BCUT2D eigenvalue weighted by atomic mass is 9.95. The Kier molecular flexibility index (Phi) is 3.01. The molecule has 0 bridgehead atoms. The molecule has 0 saturated carbocycles. The summed E-state index contributed by atoms with van der Waals surface area (Å²) in [6.07, 6.45) is 2.85. The second-order valence-corrected chi connectivity index (χ2v) is 4.47. The first kappa shape index (κ1) is 11.2. The van der Waals surface area contributed by atoms with Gasteiger partial charge in [0.2, 0.25) is 0 Å². The Labute approximate surface area is 95.2 Å². The number of anilines is 1. The number of rotatable bonds is 3. The molecule has 1 aliphatic heterocycles. The summed E-state index contributed by atoms with van der Waals surface area (Å²) < 4.78 is 10.9. The standard InChI is InChI=1S/C12H17NO3/c1-12(15-2)6-3-7-13(9-12)11-5-4-10(8-14)16-11/h4-5,8H,3,6-7,9H2,1-2H3. The molecule has 1 fully saturated rings. The zero-order chi connectivity index (χ0) is 11.6. The lowest BCUT2D eigenvalue weighted by molar-refractivity contribution is -0.00545. The molecule has 0 N–H and O–H groups in total. The zero-order valence-electron chi connectivity index (χ0n) is 9.73. The number of hydrogen-bond acceptors (Lipinski definition) is 4. The summed E-state index contributed by atoms with van der Waals surface area (Å²) in [6, 6.07) is 3.53. The average molecular weight is 223 g/mol. The first-order chi connectivity index (χ1) is 7.67. The summed E-state index contributed by atoms with van der Waals surface area (Å²) in [5.74, 6) is 1.13. The lowest BCUT2D eigenvalue weighted by Crippen LogP contribution is -2.47. The average Bonchev–Trinajstić information content (AvgIpc) is 2.78. The predicted octanol–water partition coefficient (Wildman–Crippen LogP) is 2.10. The van der Waals surface area contributed by atoms with E-state index in [1.807, 2.05) is 6.07 Å². The Hall–Kier alpha value is -1.29. The van der Waals surface area contributed by atoms with Gasteiger partial charge in [-0.25, -0.2) is 0 Å².